The van der Waals surface area contributed by atoms with Crippen LogP contribution in [-0.2, 0) is 11.6 Å². The highest BCUT2D eigenvalue weighted by molar-refractivity contribution is 7.61. The lowest BCUT2D eigenvalue weighted by atomic mass is 10.2. The van der Waals surface area contributed by atoms with Crippen molar-refractivity contribution in [3.05, 3.63) is 46.0 Å². The normalized spacial score (nSPS) is 18.1. The Balaban J connectivity index is 2.02. The Kier molecular flexibility index (Phi) is 3.67. The monoisotopic (exact) mass is 319 g/mol. The molecule has 0 saturated carbocycles. The molecule has 1 aromatic heterocycles. The quantitative estimate of drug-likeness (QED) is 0.856. The summed E-state index contributed by atoms with van der Waals surface area (Å²) < 4.78 is 13.3. The minimum absolute atomic E-state index is 0.153. The molecule has 0 spiro atoms. The average Bonchev–Trinajstić information content (AvgIpc) is 2.50. The van der Waals surface area contributed by atoms with E-state index >= 15 is 0 Å². The Morgan fingerprint density at radius 2 is 2.05 bits per heavy atom. The van der Waals surface area contributed by atoms with Crippen LogP contribution >= 0.6 is 7.37 Å². The molecular weight excluding hydrogens is 301 g/mol. The van der Waals surface area contributed by atoms with E-state index in [9.17, 15) is 14.3 Å². The van der Waals surface area contributed by atoms with Crippen molar-refractivity contribution in [1.82, 2.24) is 9.55 Å². The minimum atomic E-state index is -3.19. The molecule has 3 rings (SSSR count). The van der Waals surface area contributed by atoms with Crippen LogP contribution in [0.2, 0.25) is 0 Å². The topological polar surface area (TPSA) is 75.4 Å². The molecule has 0 bridgehead atoms. The molecule has 0 saturated heterocycles. The number of hydrogen-bond donors (Lipinski definition) is 1. The lowest BCUT2D eigenvalue weighted by Crippen LogP contribution is -2.36. The minimum Gasteiger partial charge on any atom is -0.348 e. The molecule has 116 valence electrons. The van der Waals surface area contributed by atoms with Gasteiger partial charge in [-0.15, -0.1) is 0 Å². The molecule has 0 radical (unpaired) electrons. The van der Waals surface area contributed by atoms with Crippen LogP contribution in [-0.4, -0.2) is 34.2 Å². The molecule has 0 fully saturated rings. The fraction of sp³-hybridized carbons (Fsp3) is 0.333. The Labute approximate surface area is 128 Å². The number of aryl methyl sites for hydroxylation is 1. The summed E-state index contributed by atoms with van der Waals surface area (Å²) >= 11 is 0. The van der Waals surface area contributed by atoms with Crippen molar-refractivity contribution in [3.63, 3.8) is 0 Å². The molecule has 7 heteroatoms. The van der Waals surface area contributed by atoms with Gasteiger partial charge in [-0.2, -0.15) is 0 Å². The summed E-state index contributed by atoms with van der Waals surface area (Å²) in [5.74, 6) is 0.389. The number of anilines is 1. The fourth-order valence-corrected chi connectivity index (χ4v) is 3.63. The molecular formula is C15H18N3O3P. The highest BCUT2D eigenvalue weighted by Crippen LogP contribution is 2.48. The third-order valence-corrected chi connectivity index (χ3v) is 5.45. The van der Waals surface area contributed by atoms with Gasteiger partial charge in [-0.05, 0) is 18.6 Å². The molecule has 1 unspecified atom stereocenters. The van der Waals surface area contributed by atoms with Crippen molar-refractivity contribution in [3.8, 4) is 0 Å². The third-order valence-electron chi connectivity index (χ3n) is 3.98. The summed E-state index contributed by atoms with van der Waals surface area (Å²) in [5, 5.41) is 0.571. The van der Waals surface area contributed by atoms with Crippen LogP contribution in [0.4, 0.5) is 5.82 Å². The van der Waals surface area contributed by atoms with Crippen molar-refractivity contribution in [2.24, 2.45) is 7.05 Å². The van der Waals surface area contributed by atoms with Crippen LogP contribution in [0.3, 0.4) is 0 Å². The van der Waals surface area contributed by atoms with Gasteiger partial charge < -0.3 is 14.4 Å². The standard InChI is InChI=1S/C15H18N3O3P/c1-17-13-6-4-3-5-12(13)16-14(15(17)19)18-9-7-11(8-10-18)22(2,20)21/h3-7H,8-10H2,1-2H3,(H,20,21). The first-order valence-electron chi connectivity index (χ1n) is 7.08. The molecule has 1 atom stereocenters. The summed E-state index contributed by atoms with van der Waals surface area (Å²) in [6.07, 6.45) is 2.21. The number of aromatic nitrogens is 2. The van der Waals surface area contributed by atoms with Crippen LogP contribution < -0.4 is 10.5 Å². The Morgan fingerprint density at radius 1 is 1.32 bits per heavy atom. The van der Waals surface area contributed by atoms with Crippen molar-refractivity contribution in [1.29, 1.82) is 0 Å². The Bertz CT molecular complexity index is 866. The molecule has 2 aromatic rings. The maximum absolute atomic E-state index is 12.5. The summed E-state index contributed by atoms with van der Waals surface area (Å²) in [7, 11) is -1.46. The van der Waals surface area contributed by atoms with Crippen molar-refractivity contribution >= 4 is 24.2 Å². The maximum atomic E-state index is 12.5. The zero-order valence-electron chi connectivity index (χ0n) is 12.6. The lowest BCUT2D eigenvalue weighted by molar-refractivity contribution is 0.489. The highest BCUT2D eigenvalue weighted by atomic mass is 31.2. The summed E-state index contributed by atoms with van der Waals surface area (Å²) in [6.45, 7) is 2.29. The number of para-hydroxylation sites is 2. The maximum Gasteiger partial charge on any atom is 0.293 e. The lowest BCUT2D eigenvalue weighted by Gasteiger charge is -2.28. The van der Waals surface area contributed by atoms with Gasteiger partial charge in [0.2, 0.25) is 7.37 Å². The number of nitrogens with zero attached hydrogens (tertiary/aromatic N) is 3. The second kappa shape index (κ2) is 5.38. The van der Waals surface area contributed by atoms with E-state index in [2.05, 4.69) is 4.98 Å². The molecule has 0 amide bonds. The first-order chi connectivity index (χ1) is 10.4. The van der Waals surface area contributed by atoms with Crippen LogP contribution in [0.1, 0.15) is 6.42 Å². The molecule has 1 N–H and O–H groups in total. The zero-order chi connectivity index (χ0) is 15.9. The number of rotatable bonds is 2. The molecule has 1 aliphatic heterocycles. The molecule has 1 aromatic carbocycles. The van der Waals surface area contributed by atoms with Gasteiger partial charge >= 0.3 is 0 Å². The van der Waals surface area contributed by atoms with E-state index in [-0.39, 0.29) is 5.56 Å². The van der Waals surface area contributed by atoms with Gasteiger partial charge in [0.25, 0.3) is 5.56 Å². The van der Waals surface area contributed by atoms with E-state index < -0.39 is 7.37 Å². The van der Waals surface area contributed by atoms with E-state index in [1.54, 1.807) is 17.7 Å². The van der Waals surface area contributed by atoms with E-state index in [4.69, 9.17) is 0 Å². The van der Waals surface area contributed by atoms with Gasteiger partial charge in [-0.25, -0.2) is 4.98 Å². The summed E-state index contributed by atoms with van der Waals surface area (Å²) in [6, 6.07) is 7.49. The number of benzene rings is 1. The van der Waals surface area contributed by atoms with Gasteiger partial charge in [-0.1, -0.05) is 18.2 Å². The predicted octanol–water partition coefficient (Wildman–Crippen LogP) is 1.93. The smallest absolute Gasteiger partial charge is 0.293 e. The van der Waals surface area contributed by atoms with Gasteiger partial charge in [0.15, 0.2) is 5.82 Å². The van der Waals surface area contributed by atoms with Gasteiger partial charge in [-0.3, -0.25) is 9.36 Å². The summed E-state index contributed by atoms with van der Waals surface area (Å²) in [5.41, 5.74) is 1.40. The predicted molar refractivity (Wildman–Crippen MR) is 87.6 cm³/mol. The van der Waals surface area contributed by atoms with Crippen LogP contribution in [0.25, 0.3) is 11.0 Å². The fourth-order valence-electron chi connectivity index (χ4n) is 2.70. The SMILES string of the molecule is Cn1c(=O)c(N2CC=C(P(C)(=O)O)CC2)nc2ccccc21. The van der Waals surface area contributed by atoms with Crippen molar-refractivity contribution < 1.29 is 9.46 Å². The third kappa shape index (κ3) is 2.60. The average molecular weight is 319 g/mol. The Morgan fingerprint density at radius 3 is 2.68 bits per heavy atom. The highest BCUT2D eigenvalue weighted by Gasteiger charge is 2.24. The van der Waals surface area contributed by atoms with Gasteiger partial charge in [0.05, 0.1) is 11.0 Å². The van der Waals surface area contributed by atoms with Crippen LogP contribution in [0.15, 0.2) is 40.5 Å². The van der Waals surface area contributed by atoms with Crippen LogP contribution in [0, 0.1) is 0 Å². The van der Waals surface area contributed by atoms with Gasteiger partial charge in [0, 0.05) is 32.1 Å². The Hall–Kier alpha value is -1.91. The molecule has 2 heterocycles. The largest absolute Gasteiger partial charge is 0.348 e. The summed E-state index contributed by atoms with van der Waals surface area (Å²) in [4.78, 5) is 28.5. The van der Waals surface area contributed by atoms with Crippen LogP contribution in [0.5, 0.6) is 0 Å². The first-order valence-corrected chi connectivity index (χ1v) is 9.19. The molecule has 22 heavy (non-hydrogen) atoms. The zero-order valence-corrected chi connectivity index (χ0v) is 13.5. The second-order valence-electron chi connectivity index (χ2n) is 5.56. The van der Waals surface area contributed by atoms with Gasteiger partial charge in [0.1, 0.15) is 0 Å². The number of hydrogen-bond acceptors (Lipinski definition) is 4. The van der Waals surface area contributed by atoms with E-state index in [0.717, 1.165) is 11.0 Å². The molecule has 1 aliphatic rings. The molecule has 6 nitrogen and oxygen atoms in total. The second-order valence-corrected chi connectivity index (χ2v) is 7.89. The first kappa shape index (κ1) is 15.0. The van der Waals surface area contributed by atoms with Crippen molar-refractivity contribution in [2.75, 3.05) is 24.7 Å². The van der Waals surface area contributed by atoms with E-state index in [1.807, 2.05) is 29.2 Å². The van der Waals surface area contributed by atoms with E-state index in [1.165, 1.54) is 6.66 Å². The van der Waals surface area contributed by atoms with E-state index in [0.29, 0.717) is 30.6 Å². The van der Waals surface area contributed by atoms with Crippen molar-refractivity contribution in [2.45, 2.75) is 6.42 Å². The number of fused-ring (bicyclic) bond motifs is 1. The molecule has 0 aliphatic carbocycles.